The molecule has 22 heavy (non-hydrogen) atoms. The molecule has 1 fully saturated rings. The van der Waals surface area contributed by atoms with E-state index in [0.29, 0.717) is 0 Å². The summed E-state index contributed by atoms with van der Waals surface area (Å²) in [7, 11) is 0.985. The third-order valence-corrected chi connectivity index (χ3v) is 2.63. The first-order chi connectivity index (χ1) is 10.3. The minimum atomic E-state index is -2.78. The van der Waals surface area contributed by atoms with Crippen molar-refractivity contribution >= 4 is 23.9 Å². The smallest absolute Gasteiger partial charge is 0.379 e. The second-order valence-electron chi connectivity index (χ2n) is 4.00. The van der Waals surface area contributed by atoms with Gasteiger partial charge in [0.25, 0.3) is 0 Å². The third-order valence-electron chi connectivity index (χ3n) is 2.63. The summed E-state index contributed by atoms with van der Waals surface area (Å²) in [5.41, 5.74) is 0. The normalized spacial score (nSPS) is 22.7. The zero-order chi connectivity index (χ0) is 16.9. The monoisotopic (exact) mass is 320 g/mol. The summed E-state index contributed by atoms with van der Waals surface area (Å²) >= 11 is 0. The fraction of sp³-hybridized carbons (Fsp3) is 0.667. The van der Waals surface area contributed by atoms with E-state index in [1.807, 2.05) is 0 Å². The molecule has 0 bridgehead atoms. The lowest BCUT2D eigenvalue weighted by molar-refractivity contribution is -0.228. The van der Waals surface area contributed by atoms with Crippen molar-refractivity contribution in [2.24, 2.45) is 0 Å². The van der Waals surface area contributed by atoms with Gasteiger partial charge in [-0.25, -0.2) is 19.2 Å². The van der Waals surface area contributed by atoms with Gasteiger partial charge in [-0.15, -0.1) is 0 Å². The Balaban J connectivity index is 3.22. The van der Waals surface area contributed by atoms with Gasteiger partial charge in [-0.05, 0) is 13.8 Å². The molecule has 0 aromatic carbocycles. The van der Waals surface area contributed by atoms with Crippen molar-refractivity contribution in [1.29, 1.82) is 0 Å². The second-order valence-corrected chi connectivity index (χ2v) is 4.00. The molecule has 0 aromatic heterocycles. The molecule has 0 unspecified atom stereocenters. The Bertz CT molecular complexity index is 453. The van der Waals surface area contributed by atoms with Crippen molar-refractivity contribution in [3.05, 3.63) is 0 Å². The van der Waals surface area contributed by atoms with E-state index in [0.717, 1.165) is 7.11 Å². The van der Waals surface area contributed by atoms with Crippen LogP contribution in [0.1, 0.15) is 13.8 Å². The quantitative estimate of drug-likeness (QED) is 0.363. The average Bonchev–Trinajstić information content (AvgIpc) is 2.89. The maximum absolute atomic E-state index is 12.0. The Morgan fingerprint density at radius 1 is 1.00 bits per heavy atom. The maximum atomic E-state index is 12.0. The molecule has 1 saturated heterocycles. The van der Waals surface area contributed by atoms with Crippen LogP contribution in [-0.2, 0) is 42.9 Å². The Kier molecular flexibility index (Phi) is 5.83. The Hall–Kier alpha value is -2.20. The highest BCUT2D eigenvalue weighted by Crippen LogP contribution is 2.32. The number of carboxylic acid groups (broad SMARTS) is 1. The van der Waals surface area contributed by atoms with Crippen LogP contribution in [0.3, 0.4) is 0 Å². The van der Waals surface area contributed by atoms with Crippen LogP contribution >= 0.6 is 0 Å². The first kappa shape index (κ1) is 17.9. The Labute approximate surface area is 125 Å². The lowest BCUT2D eigenvalue weighted by atomic mass is 10.2. The molecule has 1 aliphatic heterocycles. The van der Waals surface area contributed by atoms with Crippen LogP contribution in [0.5, 0.6) is 0 Å². The average molecular weight is 320 g/mol. The van der Waals surface area contributed by atoms with Crippen LogP contribution in [-0.4, -0.2) is 67.3 Å². The van der Waals surface area contributed by atoms with E-state index in [4.69, 9.17) is 14.6 Å². The number of carboxylic acids is 1. The van der Waals surface area contributed by atoms with Crippen molar-refractivity contribution in [1.82, 2.24) is 0 Å². The summed E-state index contributed by atoms with van der Waals surface area (Å²) in [4.78, 5) is 46.7. The molecule has 0 spiro atoms. The van der Waals surface area contributed by atoms with Gasteiger partial charge >= 0.3 is 29.7 Å². The van der Waals surface area contributed by atoms with Gasteiger partial charge in [0.05, 0.1) is 20.3 Å². The topological polar surface area (TPSA) is 135 Å². The van der Waals surface area contributed by atoms with Crippen molar-refractivity contribution in [2.45, 2.75) is 31.8 Å². The lowest BCUT2D eigenvalue weighted by Crippen LogP contribution is -2.51. The second kappa shape index (κ2) is 7.18. The van der Waals surface area contributed by atoms with E-state index in [-0.39, 0.29) is 13.2 Å². The zero-order valence-electron chi connectivity index (χ0n) is 12.2. The minimum Gasteiger partial charge on any atom is -0.479 e. The van der Waals surface area contributed by atoms with E-state index >= 15 is 0 Å². The molecule has 0 saturated carbocycles. The molecule has 0 aromatic rings. The summed E-state index contributed by atoms with van der Waals surface area (Å²) in [5, 5.41) is 9.07. The van der Waals surface area contributed by atoms with Gasteiger partial charge in [-0.3, -0.25) is 0 Å². The molecule has 124 valence electrons. The number of hydrogen-bond donors (Lipinski definition) is 1. The predicted octanol–water partition coefficient (Wildman–Crippen LogP) is -1.15. The summed E-state index contributed by atoms with van der Waals surface area (Å²) in [5.74, 6) is -8.15. The summed E-state index contributed by atoms with van der Waals surface area (Å²) in [6.07, 6.45) is -3.75. The van der Waals surface area contributed by atoms with E-state index in [1.54, 1.807) is 0 Å². The predicted molar refractivity (Wildman–Crippen MR) is 65.4 cm³/mol. The van der Waals surface area contributed by atoms with Crippen LogP contribution in [0.25, 0.3) is 0 Å². The summed E-state index contributed by atoms with van der Waals surface area (Å²) in [6, 6.07) is 0. The standard InChI is InChI=1S/C12H16O10/c1-4-19-10(16)12(11(17)20-5-2)21-6(8(13)14)7(22-12)9(15)18-3/h6-7H,4-5H2,1-3H3,(H,13,14)/t6-,7-/m1/s1. The first-order valence-corrected chi connectivity index (χ1v) is 6.34. The maximum Gasteiger partial charge on any atom is 0.379 e. The van der Waals surface area contributed by atoms with Gasteiger partial charge in [0, 0.05) is 0 Å². The Morgan fingerprint density at radius 2 is 1.45 bits per heavy atom. The highest BCUT2D eigenvalue weighted by Gasteiger charge is 2.65. The number of methoxy groups -OCH3 is 1. The molecule has 10 heteroatoms. The number of ether oxygens (including phenoxy) is 5. The number of hydrogen-bond acceptors (Lipinski definition) is 9. The molecular formula is C12H16O10. The fourth-order valence-electron chi connectivity index (χ4n) is 1.70. The molecule has 0 aliphatic carbocycles. The number of carbonyl (C=O) groups is 4. The van der Waals surface area contributed by atoms with Gasteiger partial charge < -0.3 is 28.8 Å². The van der Waals surface area contributed by atoms with Crippen LogP contribution in [0.15, 0.2) is 0 Å². The van der Waals surface area contributed by atoms with Gasteiger partial charge in [-0.2, -0.15) is 0 Å². The van der Waals surface area contributed by atoms with Crippen molar-refractivity contribution in [3.63, 3.8) is 0 Å². The third kappa shape index (κ3) is 3.17. The first-order valence-electron chi connectivity index (χ1n) is 6.34. The number of aliphatic carboxylic acids is 1. The molecule has 1 heterocycles. The summed E-state index contributed by atoms with van der Waals surface area (Å²) < 4.78 is 23.6. The van der Waals surface area contributed by atoms with Crippen molar-refractivity contribution in [2.75, 3.05) is 20.3 Å². The van der Waals surface area contributed by atoms with E-state index in [1.165, 1.54) is 13.8 Å². The summed E-state index contributed by atoms with van der Waals surface area (Å²) in [6.45, 7) is 2.65. The van der Waals surface area contributed by atoms with Crippen molar-refractivity contribution < 1.29 is 48.0 Å². The highest BCUT2D eigenvalue weighted by molar-refractivity contribution is 6.03. The van der Waals surface area contributed by atoms with E-state index in [9.17, 15) is 19.2 Å². The molecule has 1 aliphatic rings. The van der Waals surface area contributed by atoms with Crippen LogP contribution in [0.4, 0.5) is 0 Å². The molecule has 0 radical (unpaired) electrons. The fourth-order valence-corrected chi connectivity index (χ4v) is 1.70. The SMILES string of the molecule is CCOC(=O)C1(C(=O)OCC)O[C@@H](C(=O)O)[C@H](C(=O)OC)O1. The number of rotatable bonds is 6. The van der Waals surface area contributed by atoms with Crippen LogP contribution in [0.2, 0.25) is 0 Å². The van der Waals surface area contributed by atoms with Crippen molar-refractivity contribution in [3.8, 4) is 0 Å². The molecule has 1 rings (SSSR count). The molecule has 10 nitrogen and oxygen atoms in total. The Morgan fingerprint density at radius 3 is 1.82 bits per heavy atom. The lowest BCUT2D eigenvalue weighted by Gasteiger charge is -2.22. The van der Waals surface area contributed by atoms with Gasteiger partial charge in [0.15, 0.2) is 12.2 Å². The molecule has 0 amide bonds. The van der Waals surface area contributed by atoms with Gasteiger partial charge in [-0.1, -0.05) is 0 Å². The number of esters is 3. The number of carbonyl (C=O) groups excluding carboxylic acids is 3. The molecular weight excluding hydrogens is 304 g/mol. The molecule has 1 N–H and O–H groups in total. The van der Waals surface area contributed by atoms with Crippen LogP contribution in [0, 0.1) is 0 Å². The largest absolute Gasteiger partial charge is 0.479 e. The van der Waals surface area contributed by atoms with E-state index < -0.39 is 41.9 Å². The van der Waals surface area contributed by atoms with Gasteiger partial charge in [0.2, 0.25) is 0 Å². The molecule has 2 atom stereocenters. The highest BCUT2D eigenvalue weighted by atomic mass is 16.8. The zero-order valence-corrected chi connectivity index (χ0v) is 12.2. The minimum absolute atomic E-state index is 0.132. The van der Waals surface area contributed by atoms with Crippen LogP contribution < -0.4 is 0 Å². The van der Waals surface area contributed by atoms with Gasteiger partial charge in [0.1, 0.15) is 0 Å². The van der Waals surface area contributed by atoms with E-state index in [2.05, 4.69) is 14.2 Å².